The van der Waals surface area contributed by atoms with E-state index in [4.69, 9.17) is 4.74 Å². The Morgan fingerprint density at radius 3 is 2.64 bits per heavy atom. The van der Waals surface area contributed by atoms with Crippen LogP contribution in [0.5, 0.6) is 0 Å². The van der Waals surface area contributed by atoms with Crippen molar-refractivity contribution in [2.75, 3.05) is 0 Å². The van der Waals surface area contributed by atoms with Gasteiger partial charge in [-0.1, -0.05) is 18.2 Å². The van der Waals surface area contributed by atoms with Crippen LogP contribution in [0, 0.1) is 0 Å². The van der Waals surface area contributed by atoms with Crippen molar-refractivity contribution >= 4 is 17.0 Å². The molecule has 1 amide bonds. The molecule has 1 aromatic carbocycles. The van der Waals surface area contributed by atoms with Gasteiger partial charge in [0.2, 0.25) is 0 Å². The van der Waals surface area contributed by atoms with Crippen LogP contribution in [-0.2, 0) is 17.7 Å². The van der Waals surface area contributed by atoms with Crippen molar-refractivity contribution in [1.82, 2.24) is 9.88 Å². The molecule has 0 fully saturated rings. The van der Waals surface area contributed by atoms with Gasteiger partial charge in [0.1, 0.15) is 5.60 Å². The number of rotatable bonds is 4. The van der Waals surface area contributed by atoms with Crippen LogP contribution < -0.4 is 5.32 Å². The van der Waals surface area contributed by atoms with Gasteiger partial charge in [0, 0.05) is 29.7 Å². The molecule has 0 saturated carbocycles. The number of fused-ring (bicyclic) bond motifs is 1. The second-order valence-corrected chi connectivity index (χ2v) is 6.71. The quantitative estimate of drug-likeness (QED) is 0.923. The van der Waals surface area contributed by atoms with E-state index in [0.29, 0.717) is 0 Å². The van der Waals surface area contributed by atoms with Crippen molar-refractivity contribution in [3.63, 3.8) is 0 Å². The summed E-state index contributed by atoms with van der Waals surface area (Å²) in [4.78, 5) is 11.8. The summed E-state index contributed by atoms with van der Waals surface area (Å²) in [5.74, 6) is 0. The van der Waals surface area contributed by atoms with Gasteiger partial charge < -0.3 is 14.6 Å². The summed E-state index contributed by atoms with van der Waals surface area (Å²) in [5, 5.41) is 4.16. The fourth-order valence-corrected chi connectivity index (χ4v) is 2.64. The Balaban J connectivity index is 2.09. The summed E-state index contributed by atoms with van der Waals surface area (Å²) >= 11 is 0. The number of carbonyl (C=O) groups is 1. The number of aromatic nitrogens is 1. The summed E-state index contributed by atoms with van der Waals surface area (Å²) in [5.41, 5.74) is 2.02. The third-order valence-electron chi connectivity index (χ3n) is 3.50. The summed E-state index contributed by atoms with van der Waals surface area (Å²) in [6, 6.07) is 8.40. The fourth-order valence-electron chi connectivity index (χ4n) is 2.64. The standard InChI is InChI=1S/C18H26N2O2/c1-6-20-12-14(15-9-7-8-10-16(15)20)11-13(2)19-17(21)22-18(3,4)5/h7-10,12-13H,6,11H2,1-5H3,(H,19,21)/t13-/m1/s1. The number of amides is 1. The number of nitrogens with one attached hydrogen (secondary N) is 1. The molecule has 4 heteroatoms. The van der Waals surface area contributed by atoms with Gasteiger partial charge in [-0.05, 0) is 52.7 Å². The third-order valence-corrected chi connectivity index (χ3v) is 3.50. The molecule has 2 rings (SSSR count). The van der Waals surface area contributed by atoms with Crippen molar-refractivity contribution in [1.29, 1.82) is 0 Å². The Morgan fingerprint density at radius 2 is 2.00 bits per heavy atom. The fraction of sp³-hybridized carbons (Fsp3) is 0.500. The SMILES string of the molecule is CCn1cc(C[C@@H](C)NC(=O)OC(C)(C)C)c2ccccc21. The van der Waals surface area contributed by atoms with Gasteiger partial charge in [-0.3, -0.25) is 0 Å². The zero-order chi connectivity index (χ0) is 16.3. The van der Waals surface area contributed by atoms with Gasteiger partial charge in [-0.25, -0.2) is 4.79 Å². The molecule has 1 aromatic heterocycles. The lowest BCUT2D eigenvalue weighted by Crippen LogP contribution is -2.38. The van der Waals surface area contributed by atoms with Gasteiger partial charge in [0.25, 0.3) is 0 Å². The molecule has 4 nitrogen and oxygen atoms in total. The van der Waals surface area contributed by atoms with E-state index in [1.165, 1.54) is 16.5 Å². The van der Waals surface area contributed by atoms with Crippen LogP contribution in [0.4, 0.5) is 4.79 Å². The van der Waals surface area contributed by atoms with Gasteiger partial charge >= 0.3 is 6.09 Å². The monoisotopic (exact) mass is 302 g/mol. The highest BCUT2D eigenvalue weighted by Gasteiger charge is 2.18. The summed E-state index contributed by atoms with van der Waals surface area (Å²) < 4.78 is 7.55. The second kappa shape index (κ2) is 6.42. The van der Waals surface area contributed by atoms with Crippen LogP contribution in [0.1, 0.15) is 40.2 Å². The van der Waals surface area contributed by atoms with E-state index in [9.17, 15) is 4.79 Å². The predicted molar refractivity (Wildman–Crippen MR) is 90.1 cm³/mol. The number of hydrogen-bond donors (Lipinski definition) is 1. The Bertz CT molecular complexity index is 653. The molecule has 120 valence electrons. The number of para-hydroxylation sites is 1. The van der Waals surface area contributed by atoms with Crippen LogP contribution in [0.25, 0.3) is 10.9 Å². The number of hydrogen-bond acceptors (Lipinski definition) is 2. The normalized spacial score (nSPS) is 13.1. The highest BCUT2D eigenvalue weighted by atomic mass is 16.6. The molecule has 1 N–H and O–H groups in total. The number of alkyl carbamates (subject to hydrolysis) is 1. The van der Waals surface area contributed by atoms with E-state index >= 15 is 0 Å². The van der Waals surface area contributed by atoms with Crippen molar-refractivity contribution in [3.05, 3.63) is 36.0 Å². The molecule has 1 heterocycles. The minimum atomic E-state index is -0.470. The van der Waals surface area contributed by atoms with Crippen LogP contribution in [0.2, 0.25) is 0 Å². The molecule has 0 unspecified atom stereocenters. The van der Waals surface area contributed by atoms with Gasteiger partial charge in [-0.15, -0.1) is 0 Å². The minimum Gasteiger partial charge on any atom is -0.444 e. The molecule has 0 aliphatic rings. The van der Waals surface area contributed by atoms with Crippen molar-refractivity contribution in [2.24, 2.45) is 0 Å². The first-order valence-electron chi connectivity index (χ1n) is 7.86. The Hall–Kier alpha value is -1.97. The smallest absolute Gasteiger partial charge is 0.407 e. The molecule has 0 bridgehead atoms. The Labute approximate surface area is 132 Å². The summed E-state index contributed by atoms with van der Waals surface area (Å²) in [7, 11) is 0. The van der Waals surface area contributed by atoms with E-state index in [1.807, 2.05) is 27.7 Å². The first kappa shape index (κ1) is 16.4. The van der Waals surface area contributed by atoms with E-state index in [0.717, 1.165) is 13.0 Å². The highest BCUT2D eigenvalue weighted by molar-refractivity contribution is 5.84. The number of carbonyl (C=O) groups excluding carboxylic acids is 1. The number of aryl methyl sites for hydroxylation is 1. The van der Waals surface area contributed by atoms with E-state index in [-0.39, 0.29) is 12.1 Å². The van der Waals surface area contributed by atoms with Crippen LogP contribution >= 0.6 is 0 Å². The average molecular weight is 302 g/mol. The van der Waals surface area contributed by atoms with E-state index < -0.39 is 5.60 Å². The van der Waals surface area contributed by atoms with Gasteiger partial charge in [-0.2, -0.15) is 0 Å². The second-order valence-electron chi connectivity index (χ2n) is 6.71. The summed E-state index contributed by atoms with van der Waals surface area (Å²) in [6.45, 7) is 10.7. The molecule has 0 saturated heterocycles. The Kier molecular flexibility index (Phi) is 4.79. The number of ether oxygens (including phenoxy) is 1. The molecule has 0 radical (unpaired) electrons. The summed E-state index contributed by atoms with van der Waals surface area (Å²) in [6.07, 6.45) is 2.60. The molecule has 0 aliphatic heterocycles. The Morgan fingerprint density at radius 1 is 1.32 bits per heavy atom. The largest absolute Gasteiger partial charge is 0.444 e. The molecule has 22 heavy (non-hydrogen) atoms. The maximum Gasteiger partial charge on any atom is 0.407 e. The first-order valence-corrected chi connectivity index (χ1v) is 7.86. The van der Waals surface area contributed by atoms with Crippen LogP contribution in [0.3, 0.4) is 0 Å². The topological polar surface area (TPSA) is 43.3 Å². The third kappa shape index (κ3) is 4.03. The first-order chi connectivity index (χ1) is 10.3. The lowest BCUT2D eigenvalue weighted by Gasteiger charge is -2.21. The highest BCUT2D eigenvalue weighted by Crippen LogP contribution is 2.22. The molecule has 0 aliphatic carbocycles. The lowest BCUT2D eigenvalue weighted by molar-refractivity contribution is 0.0508. The maximum absolute atomic E-state index is 11.8. The molecule has 2 aromatic rings. The van der Waals surface area contributed by atoms with Crippen molar-refractivity contribution in [3.8, 4) is 0 Å². The zero-order valence-corrected chi connectivity index (χ0v) is 14.1. The average Bonchev–Trinajstić information content (AvgIpc) is 2.74. The van der Waals surface area contributed by atoms with Gasteiger partial charge in [0.05, 0.1) is 0 Å². The van der Waals surface area contributed by atoms with Crippen molar-refractivity contribution < 1.29 is 9.53 Å². The van der Waals surface area contributed by atoms with E-state index in [1.54, 1.807) is 0 Å². The number of benzene rings is 1. The van der Waals surface area contributed by atoms with Gasteiger partial charge in [0.15, 0.2) is 0 Å². The molecular formula is C18H26N2O2. The minimum absolute atomic E-state index is 0.0194. The molecular weight excluding hydrogens is 276 g/mol. The van der Waals surface area contributed by atoms with Crippen LogP contribution in [-0.4, -0.2) is 22.3 Å². The van der Waals surface area contributed by atoms with Crippen LogP contribution in [0.15, 0.2) is 30.5 Å². The molecule has 0 spiro atoms. The van der Waals surface area contributed by atoms with E-state index in [2.05, 4.69) is 47.3 Å². The maximum atomic E-state index is 11.8. The predicted octanol–water partition coefficient (Wildman–Crippen LogP) is 4.12. The zero-order valence-electron chi connectivity index (χ0n) is 14.1. The lowest BCUT2D eigenvalue weighted by atomic mass is 10.1. The van der Waals surface area contributed by atoms with Crippen molar-refractivity contribution in [2.45, 2.75) is 59.2 Å². The number of nitrogens with zero attached hydrogens (tertiary/aromatic N) is 1. The molecule has 1 atom stereocenters.